The first kappa shape index (κ1) is 11.4. The Labute approximate surface area is 112 Å². The van der Waals surface area contributed by atoms with E-state index in [4.69, 9.17) is 11.6 Å². The maximum Gasteiger partial charge on any atom is 0.255 e. The van der Waals surface area contributed by atoms with Crippen molar-refractivity contribution in [1.82, 2.24) is 24.6 Å². The Morgan fingerprint density at radius 3 is 3.17 bits per heavy atom. The quantitative estimate of drug-likeness (QED) is 0.739. The lowest BCUT2D eigenvalue weighted by Crippen LogP contribution is -2.09. The highest BCUT2D eigenvalue weighted by Crippen LogP contribution is 2.14. The van der Waals surface area contributed by atoms with Crippen LogP contribution >= 0.6 is 22.9 Å². The number of hydrogen-bond acceptors (Lipinski definition) is 6. The van der Waals surface area contributed by atoms with E-state index in [1.54, 1.807) is 28.1 Å². The van der Waals surface area contributed by atoms with Gasteiger partial charge >= 0.3 is 0 Å². The number of anilines is 1. The summed E-state index contributed by atoms with van der Waals surface area (Å²) in [5.74, 6) is 1.26. The standard InChI is InChI=1S/C10H9ClN6S/c11-7-5-8(17-10(16-7)14-6-15-17)12-2-1-9-13-3-4-18-9/h3-6,12H,1-2H2. The van der Waals surface area contributed by atoms with Crippen LogP contribution < -0.4 is 5.32 Å². The van der Waals surface area contributed by atoms with E-state index in [0.717, 1.165) is 23.8 Å². The SMILES string of the molecule is Clc1cc(NCCc2nccs2)n2ncnc2n1. The van der Waals surface area contributed by atoms with Crippen LogP contribution in [0, 0.1) is 0 Å². The number of nitrogens with zero attached hydrogens (tertiary/aromatic N) is 5. The molecular weight excluding hydrogens is 272 g/mol. The minimum absolute atomic E-state index is 0.396. The molecule has 0 saturated carbocycles. The van der Waals surface area contributed by atoms with Crippen molar-refractivity contribution in [2.45, 2.75) is 6.42 Å². The van der Waals surface area contributed by atoms with Crippen molar-refractivity contribution in [2.75, 3.05) is 11.9 Å². The molecule has 92 valence electrons. The van der Waals surface area contributed by atoms with Crippen LogP contribution in [0.5, 0.6) is 0 Å². The summed E-state index contributed by atoms with van der Waals surface area (Å²) in [6, 6.07) is 1.73. The van der Waals surface area contributed by atoms with Gasteiger partial charge in [0.15, 0.2) is 0 Å². The van der Waals surface area contributed by atoms with Gasteiger partial charge in [0.1, 0.15) is 17.3 Å². The molecule has 0 atom stereocenters. The van der Waals surface area contributed by atoms with Crippen LogP contribution in [0.4, 0.5) is 5.82 Å². The van der Waals surface area contributed by atoms with Crippen molar-refractivity contribution in [2.24, 2.45) is 0 Å². The molecule has 0 fully saturated rings. The van der Waals surface area contributed by atoms with Crippen molar-refractivity contribution in [3.63, 3.8) is 0 Å². The summed E-state index contributed by atoms with van der Waals surface area (Å²) in [6.07, 6.45) is 4.11. The third-order valence-corrected chi connectivity index (χ3v) is 3.38. The first-order valence-corrected chi connectivity index (χ1v) is 6.57. The van der Waals surface area contributed by atoms with Gasteiger partial charge in [-0.1, -0.05) is 11.6 Å². The summed E-state index contributed by atoms with van der Waals surface area (Å²) >= 11 is 7.56. The molecule has 0 radical (unpaired) electrons. The average Bonchev–Trinajstić information content (AvgIpc) is 2.98. The van der Waals surface area contributed by atoms with Crippen LogP contribution in [0.3, 0.4) is 0 Å². The van der Waals surface area contributed by atoms with Crippen molar-refractivity contribution < 1.29 is 0 Å². The van der Waals surface area contributed by atoms with Gasteiger partial charge in [0, 0.05) is 30.6 Å². The Hall–Kier alpha value is -1.73. The molecule has 3 aromatic rings. The molecule has 0 aromatic carbocycles. The largest absolute Gasteiger partial charge is 0.369 e. The smallest absolute Gasteiger partial charge is 0.255 e. The Morgan fingerprint density at radius 2 is 2.33 bits per heavy atom. The molecule has 0 unspecified atom stereocenters. The highest BCUT2D eigenvalue weighted by atomic mass is 35.5. The molecule has 0 aliphatic heterocycles. The van der Waals surface area contributed by atoms with E-state index in [9.17, 15) is 0 Å². The van der Waals surface area contributed by atoms with Gasteiger partial charge in [0.2, 0.25) is 0 Å². The molecule has 6 nitrogen and oxygen atoms in total. The van der Waals surface area contributed by atoms with Crippen LogP contribution in [-0.2, 0) is 6.42 Å². The van der Waals surface area contributed by atoms with E-state index in [1.165, 1.54) is 6.33 Å². The maximum atomic E-state index is 5.92. The van der Waals surface area contributed by atoms with Crippen molar-refractivity contribution in [1.29, 1.82) is 0 Å². The average molecular weight is 281 g/mol. The van der Waals surface area contributed by atoms with E-state index in [1.807, 2.05) is 5.38 Å². The molecule has 0 saturated heterocycles. The highest BCUT2D eigenvalue weighted by Gasteiger charge is 2.06. The molecule has 0 aliphatic rings. The van der Waals surface area contributed by atoms with Gasteiger partial charge in [-0.05, 0) is 0 Å². The number of rotatable bonds is 4. The minimum Gasteiger partial charge on any atom is -0.369 e. The van der Waals surface area contributed by atoms with E-state index < -0.39 is 0 Å². The summed E-state index contributed by atoms with van der Waals surface area (Å²) in [6.45, 7) is 0.753. The minimum atomic E-state index is 0.396. The van der Waals surface area contributed by atoms with Crippen LogP contribution in [0.2, 0.25) is 5.15 Å². The Bertz CT molecular complexity index is 649. The summed E-state index contributed by atoms with van der Waals surface area (Å²) in [4.78, 5) is 12.3. The molecule has 18 heavy (non-hydrogen) atoms. The lowest BCUT2D eigenvalue weighted by atomic mass is 10.4. The van der Waals surface area contributed by atoms with Gasteiger partial charge in [0.05, 0.1) is 5.01 Å². The van der Waals surface area contributed by atoms with Crippen LogP contribution in [0.15, 0.2) is 24.0 Å². The highest BCUT2D eigenvalue weighted by molar-refractivity contribution is 7.09. The van der Waals surface area contributed by atoms with Gasteiger partial charge in [-0.2, -0.15) is 19.6 Å². The summed E-state index contributed by atoms with van der Waals surface area (Å²) in [7, 11) is 0. The number of hydrogen-bond donors (Lipinski definition) is 1. The van der Waals surface area contributed by atoms with Crippen molar-refractivity contribution in [3.05, 3.63) is 34.1 Å². The molecule has 8 heteroatoms. The van der Waals surface area contributed by atoms with Gasteiger partial charge in [-0.25, -0.2) is 4.98 Å². The molecule has 3 heterocycles. The summed E-state index contributed by atoms with van der Waals surface area (Å²) < 4.78 is 1.62. The molecule has 1 N–H and O–H groups in total. The van der Waals surface area contributed by atoms with Gasteiger partial charge in [0.25, 0.3) is 5.78 Å². The van der Waals surface area contributed by atoms with Gasteiger partial charge < -0.3 is 5.32 Å². The van der Waals surface area contributed by atoms with Crippen molar-refractivity contribution in [3.8, 4) is 0 Å². The second-order valence-electron chi connectivity index (χ2n) is 3.54. The van der Waals surface area contributed by atoms with Crippen LogP contribution in [-0.4, -0.2) is 31.1 Å². The van der Waals surface area contributed by atoms with Crippen molar-refractivity contribution >= 4 is 34.5 Å². The fourth-order valence-electron chi connectivity index (χ4n) is 1.58. The topological polar surface area (TPSA) is 68.0 Å². The molecule has 0 bridgehead atoms. The maximum absolute atomic E-state index is 5.92. The summed E-state index contributed by atoms with van der Waals surface area (Å²) in [5, 5.41) is 10.8. The lowest BCUT2D eigenvalue weighted by Gasteiger charge is -2.06. The normalized spacial score (nSPS) is 10.9. The third kappa shape index (κ3) is 2.27. The first-order valence-electron chi connectivity index (χ1n) is 5.31. The number of nitrogens with one attached hydrogen (secondary N) is 1. The number of aromatic nitrogens is 5. The van der Waals surface area contributed by atoms with E-state index in [2.05, 4.69) is 25.4 Å². The fraction of sp³-hybridized carbons (Fsp3) is 0.200. The molecule has 0 aliphatic carbocycles. The molecule has 3 rings (SSSR count). The molecular formula is C10H9ClN6S. The fourth-order valence-corrected chi connectivity index (χ4v) is 2.38. The van der Waals surface area contributed by atoms with E-state index in [-0.39, 0.29) is 0 Å². The number of fused-ring (bicyclic) bond motifs is 1. The molecule has 0 amide bonds. The van der Waals surface area contributed by atoms with Gasteiger partial charge in [-0.15, -0.1) is 11.3 Å². The van der Waals surface area contributed by atoms with Crippen LogP contribution in [0.1, 0.15) is 5.01 Å². The van der Waals surface area contributed by atoms with E-state index >= 15 is 0 Å². The zero-order chi connectivity index (χ0) is 12.4. The third-order valence-electron chi connectivity index (χ3n) is 2.35. The Balaban J connectivity index is 1.75. The predicted molar refractivity (Wildman–Crippen MR) is 70.1 cm³/mol. The summed E-state index contributed by atoms with van der Waals surface area (Å²) in [5.41, 5.74) is 0. The van der Waals surface area contributed by atoms with Crippen LogP contribution in [0.25, 0.3) is 5.78 Å². The second kappa shape index (κ2) is 4.87. The van der Waals surface area contributed by atoms with Gasteiger partial charge in [-0.3, -0.25) is 0 Å². The van der Waals surface area contributed by atoms with E-state index in [0.29, 0.717) is 10.9 Å². The zero-order valence-electron chi connectivity index (χ0n) is 9.25. The first-order chi connectivity index (χ1) is 8.83. The number of halogens is 1. The molecule has 3 aromatic heterocycles. The second-order valence-corrected chi connectivity index (χ2v) is 4.90. The lowest BCUT2D eigenvalue weighted by molar-refractivity contribution is 0.910. The number of thiazole rings is 1. The molecule has 0 spiro atoms. The Kier molecular flexibility index (Phi) is 3.07. The Morgan fingerprint density at radius 1 is 1.39 bits per heavy atom. The zero-order valence-corrected chi connectivity index (χ0v) is 10.8. The predicted octanol–water partition coefficient (Wildman–Crippen LogP) is 1.89. The monoisotopic (exact) mass is 280 g/mol.